The number of fused-ring (bicyclic) bond motifs is 1. The summed E-state index contributed by atoms with van der Waals surface area (Å²) in [6.07, 6.45) is -7.63. The van der Waals surface area contributed by atoms with E-state index in [-0.39, 0.29) is 12.1 Å². The highest BCUT2D eigenvalue weighted by atomic mass is 35.5. The molecule has 1 aromatic carbocycles. The summed E-state index contributed by atoms with van der Waals surface area (Å²) in [6, 6.07) is 0.136. The van der Waals surface area contributed by atoms with Crippen molar-refractivity contribution >= 4 is 33.9 Å². The van der Waals surface area contributed by atoms with Gasteiger partial charge in [-0.05, 0) is 31.2 Å². The van der Waals surface area contributed by atoms with E-state index in [2.05, 4.69) is 9.47 Å². The number of halogens is 9. The van der Waals surface area contributed by atoms with Crippen LogP contribution in [0.4, 0.5) is 32.6 Å². The first-order chi connectivity index (χ1) is 11.4. The molecule has 1 unspecified atom stereocenters. The first-order valence-corrected chi connectivity index (χ1v) is 8.95. The maximum atomic E-state index is 13.1. The lowest BCUT2D eigenvalue weighted by Crippen LogP contribution is -2.41. The molecule has 0 radical (unpaired) electrons. The van der Waals surface area contributed by atoms with Gasteiger partial charge in [0.2, 0.25) is 6.10 Å². The van der Waals surface area contributed by atoms with Crippen molar-refractivity contribution in [3.05, 3.63) is 29.3 Å². The van der Waals surface area contributed by atoms with Gasteiger partial charge in [0.15, 0.2) is 5.56 Å². The second-order valence-corrected chi connectivity index (χ2v) is 8.28. The molecule has 1 aromatic rings. The largest absolute Gasteiger partial charge is 0.475 e. The number of ether oxygens (including phenoxy) is 2. The van der Waals surface area contributed by atoms with Crippen LogP contribution in [0.25, 0.3) is 6.08 Å². The minimum absolute atomic E-state index is 0.0915. The Kier molecular flexibility index (Phi) is 4.29. The molecule has 0 bridgehead atoms. The lowest BCUT2D eigenvalue weighted by molar-refractivity contribution is -0.188. The molecule has 3 nitrogen and oxygen atoms in total. The van der Waals surface area contributed by atoms with Crippen LogP contribution in [-0.2, 0) is 9.53 Å². The molecular formula is C13H9ClF8O3S. The van der Waals surface area contributed by atoms with Crippen molar-refractivity contribution in [2.75, 3.05) is 0 Å². The number of carbonyl (C=O) groups excluding carboxylic acids is 1. The molecule has 0 aliphatic carbocycles. The smallest absolute Gasteiger partial charge is 0.430 e. The highest BCUT2D eigenvalue weighted by Gasteiger charge is 2.65. The maximum absolute atomic E-state index is 13.1. The molecule has 0 fully saturated rings. The summed E-state index contributed by atoms with van der Waals surface area (Å²) in [5, 5.41) is 0. The highest BCUT2D eigenvalue weighted by molar-refractivity contribution is 8.45. The fourth-order valence-electron chi connectivity index (χ4n) is 2.04. The minimum atomic E-state index is -10.1. The average molecular weight is 433 g/mol. The number of hydrogen-bond acceptors (Lipinski definition) is 3. The number of carbonyl (C=O) groups is 1. The van der Waals surface area contributed by atoms with E-state index in [1.807, 2.05) is 0 Å². The van der Waals surface area contributed by atoms with E-state index in [4.69, 9.17) is 11.6 Å². The molecule has 1 aliphatic rings. The number of rotatable bonds is 3. The molecule has 0 saturated carbocycles. The summed E-state index contributed by atoms with van der Waals surface area (Å²) < 4.78 is 112. The molecule has 148 valence electrons. The molecular weight excluding hydrogens is 424 g/mol. The Morgan fingerprint density at radius 1 is 1.23 bits per heavy atom. The van der Waals surface area contributed by atoms with Gasteiger partial charge in [-0.1, -0.05) is 31.0 Å². The molecule has 2 atom stereocenters. The van der Waals surface area contributed by atoms with Crippen LogP contribution in [-0.4, -0.2) is 23.8 Å². The summed E-state index contributed by atoms with van der Waals surface area (Å²) in [5.41, 5.74) is -3.36. The second kappa shape index (κ2) is 5.41. The number of alkyl halides is 4. The van der Waals surface area contributed by atoms with Crippen molar-refractivity contribution in [3.8, 4) is 5.75 Å². The van der Waals surface area contributed by atoms with E-state index in [1.165, 1.54) is 0 Å². The fraction of sp³-hybridized carbons (Fsp3) is 0.308. The second-order valence-electron chi connectivity index (χ2n) is 5.26. The zero-order valence-electron chi connectivity index (χ0n) is 12.5. The van der Waals surface area contributed by atoms with Gasteiger partial charge in [-0.25, -0.2) is 4.79 Å². The summed E-state index contributed by atoms with van der Waals surface area (Å²) in [5.74, 6) is -2.37. The SMILES string of the molecule is CC(Cl)OC(=O)C1=Cc2cc(S(F)(F)(F)(F)F)ccc2O[C@@H]1C(F)(F)F. The third-order valence-electron chi connectivity index (χ3n) is 3.07. The molecule has 13 heteroatoms. The quantitative estimate of drug-likeness (QED) is 0.325. The molecule has 1 heterocycles. The number of esters is 1. The molecule has 2 rings (SSSR count). The Bertz CT molecular complexity index is 785. The van der Waals surface area contributed by atoms with Crippen molar-refractivity contribution in [2.45, 2.75) is 29.7 Å². The Morgan fingerprint density at radius 2 is 1.81 bits per heavy atom. The predicted molar refractivity (Wildman–Crippen MR) is 77.7 cm³/mol. The van der Waals surface area contributed by atoms with Crippen LogP contribution in [0.15, 0.2) is 28.7 Å². The third-order valence-corrected chi connectivity index (χ3v) is 4.30. The van der Waals surface area contributed by atoms with Crippen molar-refractivity contribution in [1.82, 2.24) is 0 Å². The first-order valence-electron chi connectivity index (χ1n) is 6.56. The monoisotopic (exact) mass is 432 g/mol. The lowest BCUT2D eigenvalue weighted by Gasteiger charge is -2.41. The molecule has 0 saturated heterocycles. The summed E-state index contributed by atoms with van der Waals surface area (Å²) in [7, 11) is -10.1. The summed E-state index contributed by atoms with van der Waals surface area (Å²) in [6.45, 7) is 1.10. The third kappa shape index (κ3) is 4.53. The Hall–Kier alpha value is -1.69. The van der Waals surface area contributed by atoms with Crippen molar-refractivity contribution < 1.29 is 46.9 Å². The van der Waals surface area contributed by atoms with Crippen LogP contribution in [0.1, 0.15) is 12.5 Å². The molecule has 26 heavy (non-hydrogen) atoms. The van der Waals surface area contributed by atoms with Gasteiger partial charge < -0.3 is 9.47 Å². The standard InChI is InChI=1S/C13H9ClF8O3S/c1-6(14)24-12(23)9-5-7-4-8(26(18,19,20,21)22)2-3-10(7)25-11(9)13(15,16)17/h2-6,11H,1H3/t6?,11-/m0/s1. The van der Waals surface area contributed by atoms with E-state index >= 15 is 0 Å². The van der Waals surface area contributed by atoms with Crippen molar-refractivity contribution in [3.63, 3.8) is 0 Å². The fourth-order valence-corrected chi connectivity index (χ4v) is 2.80. The van der Waals surface area contributed by atoms with Crippen LogP contribution < -0.4 is 4.74 Å². The van der Waals surface area contributed by atoms with Gasteiger partial charge in [0, 0.05) is 5.56 Å². The summed E-state index contributed by atoms with van der Waals surface area (Å²) >= 11 is 5.34. The molecule has 0 spiro atoms. The highest BCUT2D eigenvalue weighted by Crippen LogP contribution is 3.02. The van der Waals surface area contributed by atoms with Gasteiger partial charge >= 0.3 is 22.4 Å². The predicted octanol–water partition coefficient (Wildman–Crippen LogP) is 6.18. The van der Waals surface area contributed by atoms with Gasteiger partial charge in [-0.15, -0.1) is 0 Å². The summed E-state index contributed by atoms with van der Waals surface area (Å²) in [4.78, 5) is 9.43. The average Bonchev–Trinajstić information content (AvgIpc) is 2.41. The van der Waals surface area contributed by atoms with E-state index in [1.54, 1.807) is 0 Å². The van der Waals surface area contributed by atoms with E-state index in [0.717, 1.165) is 6.92 Å². The van der Waals surface area contributed by atoms with Gasteiger partial charge in [0.25, 0.3) is 0 Å². The first kappa shape index (κ1) is 20.6. The molecule has 0 aromatic heterocycles. The van der Waals surface area contributed by atoms with E-state index in [0.29, 0.717) is 12.1 Å². The van der Waals surface area contributed by atoms with Crippen molar-refractivity contribution in [1.29, 1.82) is 0 Å². The van der Waals surface area contributed by atoms with Gasteiger partial charge in [-0.3, -0.25) is 0 Å². The zero-order chi connectivity index (χ0) is 20.2. The maximum Gasteiger partial charge on any atom is 0.430 e. The van der Waals surface area contributed by atoms with Gasteiger partial charge in [0.1, 0.15) is 10.6 Å². The van der Waals surface area contributed by atoms with Crippen LogP contribution in [0, 0.1) is 0 Å². The normalized spacial score (nSPS) is 21.5. The molecule has 0 N–H and O–H groups in total. The van der Waals surface area contributed by atoms with E-state index in [9.17, 15) is 37.4 Å². The van der Waals surface area contributed by atoms with Gasteiger partial charge in [-0.2, -0.15) is 13.2 Å². The van der Waals surface area contributed by atoms with E-state index < -0.39 is 55.8 Å². The molecule has 0 amide bonds. The molecule has 1 aliphatic heterocycles. The van der Waals surface area contributed by atoms with Crippen LogP contribution in [0.3, 0.4) is 0 Å². The van der Waals surface area contributed by atoms with Gasteiger partial charge in [0.05, 0.1) is 5.57 Å². The number of hydrogen-bond donors (Lipinski definition) is 0. The van der Waals surface area contributed by atoms with Crippen molar-refractivity contribution in [2.24, 2.45) is 0 Å². The Balaban J connectivity index is 2.61. The van der Waals surface area contributed by atoms with Crippen LogP contribution >= 0.6 is 21.8 Å². The van der Waals surface area contributed by atoms with Crippen LogP contribution in [0.2, 0.25) is 0 Å². The van der Waals surface area contributed by atoms with Crippen LogP contribution in [0.5, 0.6) is 5.75 Å². The minimum Gasteiger partial charge on any atom is -0.475 e. The Labute approximate surface area is 146 Å². The number of benzene rings is 1. The Morgan fingerprint density at radius 3 is 2.27 bits per heavy atom. The lowest BCUT2D eigenvalue weighted by atomic mass is 10.0. The zero-order valence-corrected chi connectivity index (χ0v) is 14.1. The topological polar surface area (TPSA) is 35.5 Å².